The summed E-state index contributed by atoms with van der Waals surface area (Å²) in [6.45, 7) is 1.00. The smallest absolute Gasteiger partial charge is 0.292 e. The van der Waals surface area contributed by atoms with E-state index in [1.807, 2.05) is 0 Å². The topological polar surface area (TPSA) is 87.9 Å². The molecule has 0 atom stereocenters. The summed E-state index contributed by atoms with van der Waals surface area (Å²) in [7, 11) is 2.79. The maximum Gasteiger partial charge on any atom is 0.292 e. The molecule has 0 bridgehead atoms. The van der Waals surface area contributed by atoms with E-state index in [1.165, 1.54) is 45.6 Å². The molecule has 1 aromatic rings. The highest BCUT2D eigenvalue weighted by Crippen LogP contribution is 2.30. The molecule has 0 spiro atoms. The first-order chi connectivity index (χ1) is 10.1. The normalized spacial score (nSPS) is 13.2. The molecule has 0 aliphatic heterocycles. The van der Waals surface area contributed by atoms with Crippen LogP contribution in [-0.4, -0.2) is 32.2 Å². The molecule has 1 saturated carbocycles. The van der Waals surface area contributed by atoms with Gasteiger partial charge in [-0.25, -0.2) is 0 Å². The van der Waals surface area contributed by atoms with E-state index >= 15 is 0 Å². The van der Waals surface area contributed by atoms with Gasteiger partial charge >= 0.3 is 0 Å². The Hall–Kier alpha value is -2.31. The second-order valence-electron chi connectivity index (χ2n) is 4.56. The maximum atomic E-state index is 10.7. The molecule has 0 aromatic heterocycles. The third-order valence-electron chi connectivity index (χ3n) is 3.12. The Morgan fingerprint density at radius 3 is 2.33 bits per heavy atom. The summed E-state index contributed by atoms with van der Waals surface area (Å²) in [5, 5.41) is 10.7. The fourth-order valence-corrected chi connectivity index (χ4v) is 1.74. The molecule has 0 amide bonds. The molecule has 7 heteroatoms. The number of non-ortho nitro benzene ring substituents is 1. The minimum Gasteiger partial charge on any atom is -0.496 e. The van der Waals surface area contributed by atoms with Crippen molar-refractivity contribution in [2.75, 3.05) is 20.8 Å². The summed E-state index contributed by atoms with van der Waals surface area (Å²) in [5.74, 6) is 1.55. The van der Waals surface area contributed by atoms with Gasteiger partial charge in [-0.15, -0.1) is 0 Å². The van der Waals surface area contributed by atoms with Crippen molar-refractivity contribution in [3.8, 4) is 11.5 Å². The summed E-state index contributed by atoms with van der Waals surface area (Å²) in [5.41, 5.74) is -0.00652. The number of methoxy groups -OCH3 is 2. The minimum atomic E-state index is -0.446. The third-order valence-corrected chi connectivity index (χ3v) is 3.12. The number of rotatable bonds is 6. The van der Waals surface area contributed by atoms with Gasteiger partial charge in [-0.2, -0.15) is 0 Å². The number of hydrogen-bond acceptors (Lipinski definition) is 6. The number of ether oxygens (including phenoxy) is 3. The van der Waals surface area contributed by atoms with Crippen LogP contribution in [0.15, 0.2) is 18.2 Å². The molecule has 1 aromatic carbocycles. The largest absolute Gasteiger partial charge is 0.496 e. The zero-order chi connectivity index (χ0) is 15.7. The Kier molecular flexibility index (Phi) is 7.00. The van der Waals surface area contributed by atoms with Crippen LogP contribution in [0.3, 0.4) is 0 Å². The van der Waals surface area contributed by atoms with Crippen LogP contribution < -0.4 is 9.47 Å². The van der Waals surface area contributed by atoms with Gasteiger partial charge in [-0.05, 0) is 18.8 Å². The molecule has 116 valence electrons. The van der Waals surface area contributed by atoms with Crippen molar-refractivity contribution < 1.29 is 23.9 Å². The molecule has 0 heterocycles. The van der Waals surface area contributed by atoms with Crippen LogP contribution in [-0.2, 0) is 9.53 Å². The second kappa shape index (κ2) is 8.78. The monoisotopic (exact) mass is 297 g/mol. The van der Waals surface area contributed by atoms with Gasteiger partial charge in [0.25, 0.3) is 12.2 Å². The summed E-state index contributed by atoms with van der Waals surface area (Å²) < 4.78 is 14.4. The van der Waals surface area contributed by atoms with Crippen LogP contribution in [0.4, 0.5) is 5.69 Å². The van der Waals surface area contributed by atoms with Crippen LogP contribution in [0.1, 0.15) is 19.3 Å². The van der Waals surface area contributed by atoms with Gasteiger partial charge in [-0.1, -0.05) is 6.42 Å². The van der Waals surface area contributed by atoms with Crippen LogP contribution in [0.2, 0.25) is 0 Å². The van der Waals surface area contributed by atoms with Crippen LogP contribution in [0.5, 0.6) is 11.5 Å². The maximum absolute atomic E-state index is 10.7. The van der Waals surface area contributed by atoms with E-state index in [1.54, 1.807) is 6.07 Å². The van der Waals surface area contributed by atoms with E-state index in [-0.39, 0.29) is 5.69 Å². The Morgan fingerprint density at radius 1 is 1.29 bits per heavy atom. The predicted molar refractivity (Wildman–Crippen MR) is 75.6 cm³/mol. The molecular formula is C14H19NO6. The number of hydrogen-bond donors (Lipinski definition) is 0. The molecule has 7 nitrogen and oxygen atoms in total. The average molecular weight is 297 g/mol. The lowest BCUT2D eigenvalue weighted by Gasteiger charge is -2.25. The Bertz CT molecular complexity index is 473. The molecular weight excluding hydrogens is 278 g/mol. The highest BCUT2D eigenvalue weighted by Gasteiger charge is 2.19. The van der Waals surface area contributed by atoms with Crippen molar-refractivity contribution >= 4 is 12.2 Å². The molecule has 0 N–H and O–H groups in total. The molecule has 0 radical (unpaired) electrons. The van der Waals surface area contributed by atoms with Crippen molar-refractivity contribution in [2.24, 2.45) is 5.92 Å². The van der Waals surface area contributed by atoms with Crippen molar-refractivity contribution in [3.05, 3.63) is 28.3 Å². The summed E-state index contributed by atoms with van der Waals surface area (Å²) in [4.78, 5) is 19.2. The first kappa shape index (κ1) is 16.7. The average Bonchev–Trinajstić information content (AvgIpc) is 2.45. The molecule has 1 aliphatic carbocycles. The zero-order valence-corrected chi connectivity index (χ0v) is 12.1. The SMILES string of the molecule is COC=O.COc1cc(OCC2CCC2)cc([N+](=O)[O-])c1. The number of nitro benzene ring substituents is 1. The first-order valence-electron chi connectivity index (χ1n) is 6.53. The van der Waals surface area contributed by atoms with E-state index in [4.69, 9.17) is 14.3 Å². The van der Waals surface area contributed by atoms with Crippen molar-refractivity contribution in [2.45, 2.75) is 19.3 Å². The number of carbonyl (C=O) groups is 1. The van der Waals surface area contributed by atoms with Gasteiger partial charge in [0, 0.05) is 6.07 Å². The standard InChI is InChI=1S/C12H15NO4.C2H4O2/c1-16-11-5-10(13(14)15)6-12(7-11)17-8-9-3-2-4-9;1-4-2-3/h5-7,9H,2-4,8H2,1H3;2H,1H3. The molecule has 1 aliphatic rings. The zero-order valence-electron chi connectivity index (χ0n) is 12.1. The third kappa shape index (κ3) is 5.68. The Labute approximate surface area is 123 Å². The molecule has 21 heavy (non-hydrogen) atoms. The number of carbonyl (C=O) groups excluding carboxylic acids is 1. The predicted octanol–water partition coefficient (Wildman–Crippen LogP) is 2.57. The molecule has 0 saturated heterocycles. The fraction of sp³-hybridized carbons (Fsp3) is 0.500. The lowest BCUT2D eigenvalue weighted by Crippen LogP contribution is -2.19. The number of benzene rings is 1. The van der Waals surface area contributed by atoms with Gasteiger partial charge in [-0.3, -0.25) is 14.9 Å². The van der Waals surface area contributed by atoms with Crippen molar-refractivity contribution in [1.82, 2.24) is 0 Å². The van der Waals surface area contributed by atoms with Crippen LogP contribution in [0.25, 0.3) is 0 Å². The highest BCUT2D eigenvalue weighted by atomic mass is 16.6. The lowest BCUT2D eigenvalue weighted by molar-refractivity contribution is -0.385. The van der Waals surface area contributed by atoms with Gasteiger partial charge < -0.3 is 14.2 Å². The van der Waals surface area contributed by atoms with E-state index in [9.17, 15) is 10.1 Å². The van der Waals surface area contributed by atoms with Gasteiger partial charge in [0.05, 0.1) is 37.9 Å². The minimum absolute atomic E-state index is 0.00652. The summed E-state index contributed by atoms with van der Waals surface area (Å²) in [6, 6.07) is 4.49. The second-order valence-corrected chi connectivity index (χ2v) is 4.56. The molecule has 2 rings (SSSR count). The molecule has 1 fully saturated rings. The fourth-order valence-electron chi connectivity index (χ4n) is 1.74. The lowest BCUT2D eigenvalue weighted by atomic mass is 9.86. The molecule has 0 unspecified atom stereocenters. The van der Waals surface area contributed by atoms with Crippen LogP contribution in [0, 0.1) is 16.0 Å². The summed E-state index contributed by atoms with van der Waals surface area (Å²) in [6.07, 6.45) is 3.63. The number of nitrogens with zero attached hydrogens (tertiary/aromatic N) is 1. The first-order valence-corrected chi connectivity index (χ1v) is 6.53. The Morgan fingerprint density at radius 2 is 1.90 bits per heavy atom. The van der Waals surface area contributed by atoms with Crippen LogP contribution >= 0.6 is 0 Å². The summed E-state index contributed by atoms with van der Waals surface area (Å²) >= 11 is 0. The number of nitro groups is 1. The van der Waals surface area contributed by atoms with Gasteiger partial charge in [0.2, 0.25) is 0 Å². The Balaban J connectivity index is 0.000000491. The van der Waals surface area contributed by atoms with Crippen molar-refractivity contribution in [3.63, 3.8) is 0 Å². The van der Waals surface area contributed by atoms with E-state index in [2.05, 4.69) is 4.74 Å². The van der Waals surface area contributed by atoms with E-state index in [0.717, 1.165) is 0 Å². The van der Waals surface area contributed by atoms with Gasteiger partial charge in [0.1, 0.15) is 11.5 Å². The van der Waals surface area contributed by atoms with E-state index in [0.29, 0.717) is 30.5 Å². The quantitative estimate of drug-likeness (QED) is 0.455. The van der Waals surface area contributed by atoms with Gasteiger partial charge in [0.15, 0.2) is 0 Å². The van der Waals surface area contributed by atoms with E-state index < -0.39 is 4.92 Å². The van der Waals surface area contributed by atoms with Crippen molar-refractivity contribution in [1.29, 1.82) is 0 Å². The highest BCUT2D eigenvalue weighted by molar-refractivity contribution is 5.46.